The molecule has 134 valence electrons. The van der Waals surface area contributed by atoms with E-state index in [0.717, 1.165) is 25.7 Å². The second-order valence-corrected chi connectivity index (χ2v) is 7.38. The maximum atomic E-state index is 13.1. The van der Waals surface area contributed by atoms with Gasteiger partial charge in [-0.2, -0.15) is 0 Å². The van der Waals surface area contributed by atoms with Crippen molar-refractivity contribution in [3.8, 4) is 0 Å². The maximum Gasteiger partial charge on any atom is 0.328 e. The molecule has 3 atom stereocenters. The Labute approximate surface area is 153 Å². The number of nitro benzene ring substituents is 1. The lowest BCUT2D eigenvalue weighted by Gasteiger charge is -2.33. The molecule has 1 amide bonds. The molecule has 1 aliphatic heterocycles. The van der Waals surface area contributed by atoms with Crippen molar-refractivity contribution in [1.29, 1.82) is 0 Å². The van der Waals surface area contributed by atoms with Crippen molar-refractivity contribution < 1.29 is 19.2 Å². The van der Waals surface area contributed by atoms with E-state index in [2.05, 4.69) is 15.9 Å². The quantitative estimate of drug-likeness (QED) is 0.433. The fraction of sp³-hybridized carbons (Fsp3) is 0.529. The molecule has 1 saturated carbocycles. The zero-order chi connectivity index (χ0) is 18.1. The third-order valence-corrected chi connectivity index (χ3v) is 5.86. The number of hydrogen-bond donors (Lipinski definition) is 0. The third kappa shape index (κ3) is 3.27. The molecule has 1 aliphatic carbocycles. The average Bonchev–Trinajstić information content (AvgIpc) is 3.00. The van der Waals surface area contributed by atoms with E-state index in [1.54, 1.807) is 11.0 Å². The molecular weight excluding hydrogens is 392 g/mol. The van der Waals surface area contributed by atoms with Crippen molar-refractivity contribution in [2.75, 3.05) is 7.11 Å². The Kier molecular flexibility index (Phi) is 5.08. The van der Waals surface area contributed by atoms with Crippen LogP contribution in [0.5, 0.6) is 0 Å². The van der Waals surface area contributed by atoms with Crippen LogP contribution < -0.4 is 0 Å². The van der Waals surface area contributed by atoms with E-state index in [1.165, 1.54) is 19.2 Å². The number of likely N-dealkylation sites (tertiary alicyclic amines) is 1. The van der Waals surface area contributed by atoms with Gasteiger partial charge in [-0.15, -0.1) is 0 Å². The number of rotatable bonds is 3. The smallest absolute Gasteiger partial charge is 0.328 e. The molecule has 0 radical (unpaired) electrons. The number of ether oxygens (including phenoxy) is 1. The Bertz CT molecular complexity index is 723. The Balaban J connectivity index is 1.96. The first-order valence-electron chi connectivity index (χ1n) is 8.28. The Hall–Kier alpha value is -1.96. The summed E-state index contributed by atoms with van der Waals surface area (Å²) in [5.74, 6) is -0.484. The second-order valence-electron chi connectivity index (χ2n) is 6.52. The number of nitro groups is 1. The Morgan fingerprint density at radius 3 is 2.72 bits per heavy atom. The summed E-state index contributed by atoms with van der Waals surface area (Å²) >= 11 is 3.12. The van der Waals surface area contributed by atoms with Gasteiger partial charge in [0, 0.05) is 17.7 Å². The second kappa shape index (κ2) is 7.11. The molecule has 0 spiro atoms. The first-order chi connectivity index (χ1) is 11.9. The maximum absolute atomic E-state index is 13.1. The van der Waals surface area contributed by atoms with Gasteiger partial charge in [0.25, 0.3) is 11.6 Å². The van der Waals surface area contributed by atoms with E-state index < -0.39 is 16.9 Å². The number of amides is 1. The van der Waals surface area contributed by atoms with Gasteiger partial charge in [-0.25, -0.2) is 4.79 Å². The molecule has 25 heavy (non-hydrogen) atoms. The van der Waals surface area contributed by atoms with E-state index in [-0.39, 0.29) is 29.1 Å². The van der Waals surface area contributed by atoms with Gasteiger partial charge in [0.05, 0.1) is 16.5 Å². The molecule has 1 saturated heterocycles. The lowest BCUT2D eigenvalue weighted by atomic mass is 9.84. The fourth-order valence-electron chi connectivity index (χ4n) is 4.03. The molecular formula is C17H19BrN2O5. The van der Waals surface area contributed by atoms with Gasteiger partial charge in [0.15, 0.2) is 0 Å². The lowest BCUT2D eigenvalue weighted by Crippen LogP contribution is -2.46. The molecule has 3 unspecified atom stereocenters. The van der Waals surface area contributed by atoms with Crippen LogP contribution in [0.1, 0.15) is 42.5 Å². The van der Waals surface area contributed by atoms with Crippen molar-refractivity contribution >= 4 is 33.5 Å². The molecule has 1 heterocycles. The normalized spacial score (nSPS) is 25.4. The summed E-state index contributed by atoms with van der Waals surface area (Å²) in [6.45, 7) is 0. The van der Waals surface area contributed by atoms with Gasteiger partial charge in [0.1, 0.15) is 6.04 Å². The van der Waals surface area contributed by atoms with Gasteiger partial charge in [-0.1, -0.05) is 12.8 Å². The molecule has 7 nitrogen and oxygen atoms in total. The highest BCUT2D eigenvalue weighted by atomic mass is 79.9. The van der Waals surface area contributed by atoms with Crippen molar-refractivity contribution in [3.05, 3.63) is 38.3 Å². The number of hydrogen-bond acceptors (Lipinski definition) is 5. The van der Waals surface area contributed by atoms with Crippen LogP contribution in [0.15, 0.2) is 22.7 Å². The third-order valence-electron chi connectivity index (χ3n) is 5.19. The molecule has 1 aromatic rings. The highest BCUT2D eigenvalue weighted by molar-refractivity contribution is 9.10. The fourth-order valence-corrected chi connectivity index (χ4v) is 4.42. The summed E-state index contributed by atoms with van der Waals surface area (Å²) in [5, 5.41) is 11.1. The van der Waals surface area contributed by atoms with Crippen molar-refractivity contribution in [1.82, 2.24) is 4.90 Å². The lowest BCUT2D eigenvalue weighted by molar-refractivity contribution is -0.385. The first-order valence-corrected chi connectivity index (χ1v) is 9.07. The minimum atomic E-state index is -0.617. The van der Waals surface area contributed by atoms with Gasteiger partial charge >= 0.3 is 5.97 Å². The molecule has 8 heteroatoms. The van der Waals surface area contributed by atoms with Crippen LogP contribution in [0, 0.1) is 16.0 Å². The van der Waals surface area contributed by atoms with Gasteiger partial charge in [0.2, 0.25) is 0 Å². The summed E-state index contributed by atoms with van der Waals surface area (Å²) in [6.07, 6.45) is 4.55. The highest BCUT2D eigenvalue weighted by Crippen LogP contribution is 2.41. The molecule has 2 aliphatic rings. The van der Waals surface area contributed by atoms with Crippen molar-refractivity contribution in [2.24, 2.45) is 5.92 Å². The molecule has 2 fully saturated rings. The number of carbonyl (C=O) groups excluding carboxylic acids is 2. The van der Waals surface area contributed by atoms with Crippen LogP contribution in [-0.4, -0.2) is 40.9 Å². The van der Waals surface area contributed by atoms with E-state index >= 15 is 0 Å². The molecule has 0 N–H and O–H groups in total. The van der Waals surface area contributed by atoms with E-state index in [0.29, 0.717) is 10.9 Å². The zero-order valence-electron chi connectivity index (χ0n) is 13.8. The summed E-state index contributed by atoms with van der Waals surface area (Å²) in [6, 6.07) is 3.68. The number of halogens is 1. The standard InChI is InChI=1S/C17H19BrN2O5/c1-25-17(22)15-8-10-4-2-3-5-13(10)19(15)16(21)11-6-7-12(18)14(9-11)20(23)24/h6-7,9-10,13,15H,2-5,8H2,1H3. The predicted molar refractivity (Wildman–Crippen MR) is 93.1 cm³/mol. The summed E-state index contributed by atoms with van der Waals surface area (Å²) < 4.78 is 5.20. The van der Waals surface area contributed by atoms with Crippen LogP contribution in [-0.2, 0) is 9.53 Å². The SMILES string of the molecule is COC(=O)C1CC2CCCCC2N1C(=O)c1ccc(Br)c([N+](=O)[O-])c1. The van der Waals surface area contributed by atoms with Crippen LogP contribution in [0.25, 0.3) is 0 Å². The predicted octanol–water partition coefficient (Wildman–Crippen LogP) is 3.30. The van der Waals surface area contributed by atoms with Crippen LogP contribution in [0.4, 0.5) is 5.69 Å². The van der Waals surface area contributed by atoms with Gasteiger partial charge in [-0.3, -0.25) is 14.9 Å². The number of methoxy groups -OCH3 is 1. The summed E-state index contributed by atoms with van der Waals surface area (Å²) in [4.78, 5) is 37.5. The van der Waals surface area contributed by atoms with E-state index in [9.17, 15) is 19.7 Å². The number of fused-ring (bicyclic) bond motifs is 1. The topological polar surface area (TPSA) is 89.8 Å². The van der Waals surface area contributed by atoms with E-state index in [1.807, 2.05) is 0 Å². The number of carbonyl (C=O) groups is 2. The molecule has 0 aromatic heterocycles. The summed E-state index contributed by atoms with van der Waals surface area (Å²) in [7, 11) is 1.32. The van der Waals surface area contributed by atoms with Crippen LogP contribution in [0.3, 0.4) is 0 Å². The highest BCUT2D eigenvalue weighted by Gasteiger charge is 2.48. The van der Waals surface area contributed by atoms with Crippen LogP contribution >= 0.6 is 15.9 Å². The minimum absolute atomic E-state index is 0.00643. The van der Waals surface area contributed by atoms with Crippen molar-refractivity contribution in [2.45, 2.75) is 44.2 Å². The number of nitrogens with zero attached hydrogens (tertiary/aromatic N) is 2. The van der Waals surface area contributed by atoms with E-state index in [4.69, 9.17) is 4.74 Å². The zero-order valence-corrected chi connectivity index (χ0v) is 15.4. The Morgan fingerprint density at radius 2 is 2.04 bits per heavy atom. The Morgan fingerprint density at radius 1 is 1.32 bits per heavy atom. The molecule has 0 bridgehead atoms. The monoisotopic (exact) mass is 410 g/mol. The largest absolute Gasteiger partial charge is 0.467 e. The molecule has 1 aromatic carbocycles. The average molecular weight is 411 g/mol. The number of benzene rings is 1. The van der Waals surface area contributed by atoms with Gasteiger partial charge < -0.3 is 9.64 Å². The van der Waals surface area contributed by atoms with Gasteiger partial charge in [-0.05, 0) is 53.2 Å². The summed E-state index contributed by atoms with van der Waals surface area (Å²) in [5.41, 5.74) is 0.0508. The van der Waals surface area contributed by atoms with Crippen LogP contribution in [0.2, 0.25) is 0 Å². The molecule has 3 rings (SSSR count). The number of esters is 1. The van der Waals surface area contributed by atoms with Crippen molar-refractivity contribution in [3.63, 3.8) is 0 Å². The first kappa shape index (κ1) is 17.8. The minimum Gasteiger partial charge on any atom is -0.467 e.